The highest BCUT2D eigenvalue weighted by Crippen LogP contribution is 2.25. The van der Waals surface area contributed by atoms with Crippen LogP contribution in [-0.4, -0.2) is 85.9 Å². The zero-order chi connectivity index (χ0) is 18.7. The third-order valence-corrected chi connectivity index (χ3v) is 6.64. The molecule has 9 nitrogen and oxygen atoms in total. The van der Waals surface area contributed by atoms with E-state index in [2.05, 4.69) is 14.7 Å². The molecule has 2 fully saturated rings. The number of aryl methyl sites for hydroxylation is 1. The predicted molar refractivity (Wildman–Crippen MR) is 95.0 cm³/mol. The maximum Gasteiger partial charge on any atom is 0.243 e. The summed E-state index contributed by atoms with van der Waals surface area (Å²) < 4.78 is 34.0. The Hall–Kier alpha value is -1.49. The van der Waals surface area contributed by atoms with Crippen LogP contribution in [0.3, 0.4) is 0 Å². The van der Waals surface area contributed by atoms with Crippen LogP contribution < -0.4 is 4.72 Å². The van der Waals surface area contributed by atoms with Gasteiger partial charge in [0.2, 0.25) is 15.9 Å². The molecule has 1 aromatic rings. The normalized spacial score (nSPS) is 24.9. The highest BCUT2D eigenvalue weighted by Gasteiger charge is 2.33. The van der Waals surface area contributed by atoms with E-state index < -0.39 is 10.0 Å². The Balaban J connectivity index is 1.50. The molecule has 0 unspecified atom stereocenters. The minimum absolute atomic E-state index is 0.0870. The largest absolute Gasteiger partial charge is 0.378 e. The minimum atomic E-state index is -3.56. The highest BCUT2D eigenvalue weighted by atomic mass is 32.2. The standard InChI is InChI=1S/C16H27N5O4S/c1-19-12-15(11-17-19)26(23,24)18-10-14-4-3-13(20(14)2)9-16(22)21-5-7-25-8-6-21/h11-14,18H,3-10H2,1-2H3/t13-,14+/m1/s1. The van der Waals surface area contributed by atoms with Gasteiger partial charge in [-0.1, -0.05) is 0 Å². The number of nitrogens with one attached hydrogen (secondary N) is 1. The van der Waals surface area contributed by atoms with E-state index >= 15 is 0 Å². The number of likely N-dealkylation sites (tertiary alicyclic amines) is 1. The Bertz CT molecular complexity index is 729. The summed E-state index contributed by atoms with van der Waals surface area (Å²) in [5, 5.41) is 3.90. The average molecular weight is 385 g/mol. The summed E-state index contributed by atoms with van der Waals surface area (Å²) in [6.07, 6.45) is 5.05. The highest BCUT2D eigenvalue weighted by molar-refractivity contribution is 7.89. The first-order valence-electron chi connectivity index (χ1n) is 8.92. The van der Waals surface area contributed by atoms with Gasteiger partial charge in [0, 0.05) is 51.4 Å². The van der Waals surface area contributed by atoms with Crippen LogP contribution in [-0.2, 0) is 26.6 Å². The van der Waals surface area contributed by atoms with Crippen molar-refractivity contribution >= 4 is 15.9 Å². The predicted octanol–water partition coefficient (Wildman–Crippen LogP) is -0.590. The van der Waals surface area contributed by atoms with Crippen molar-refractivity contribution in [1.82, 2.24) is 24.3 Å². The van der Waals surface area contributed by atoms with Crippen LogP contribution >= 0.6 is 0 Å². The Morgan fingerprint density at radius 1 is 1.27 bits per heavy atom. The number of morpholine rings is 1. The van der Waals surface area contributed by atoms with Gasteiger partial charge in [0.1, 0.15) is 4.90 Å². The second kappa shape index (κ2) is 8.03. The van der Waals surface area contributed by atoms with Crippen LogP contribution in [0.15, 0.2) is 17.3 Å². The first-order chi connectivity index (χ1) is 12.4. The Kier molecular flexibility index (Phi) is 5.96. The van der Waals surface area contributed by atoms with Crippen LogP contribution in [0.5, 0.6) is 0 Å². The van der Waals surface area contributed by atoms with Crippen molar-refractivity contribution in [2.24, 2.45) is 7.05 Å². The molecule has 0 aliphatic carbocycles. The van der Waals surface area contributed by atoms with E-state index in [0.717, 1.165) is 12.8 Å². The molecule has 1 N–H and O–H groups in total. The summed E-state index contributed by atoms with van der Waals surface area (Å²) in [4.78, 5) is 16.6. The second-order valence-corrected chi connectivity index (χ2v) is 8.72. The van der Waals surface area contributed by atoms with Crippen LogP contribution in [0.4, 0.5) is 0 Å². The summed E-state index contributed by atoms with van der Waals surface area (Å²) >= 11 is 0. The number of aromatic nitrogens is 2. The summed E-state index contributed by atoms with van der Waals surface area (Å²) in [7, 11) is 0.0889. The van der Waals surface area contributed by atoms with Crippen molar-refractivity contribution in [3.8, 4) is 0 Å². The fraction of sp³-hybridized carbons (Fsp3) is 0.750. The minimum Gasteiger partial charge on any atom is -0.378 e. The van der Waals surface area contributed by atoms with E-state index in [1.54, 1.807) is 7.05 Å². The molecule has 2 aliphatic heterocycles. The molecule has 26 heavy (non-hydrogen) atoms. The number of nitrogens with zero attached hydrogens (tertiary/aromatic N) is 4. The number of carbonyl (C=O) groups is 1. The van der Waals surface area contributed by atoms with Gasteiger partial charge in [-0.25, -0.2) is 13.1 Å². The number of hydrogen-bond acceptors (Lipinski definition) is 6. The lowest BCUT2D eigenvalue weighted by molar-refractivity contribution is -0.136. The molecule has 2 aliphatic rings. The molecule has 146 valence electrons. The monoisotopic (exact) mass is 385 g/mol. The lowest BCUT2D eigenvalue weighted by Gasteiger charge is -2.30. The SMILES string of the molecule is CN1[C@@H](CC(=O)N2CCOCC2)CC[C@H]1CNS(=O)(=O)c1cnn(C)c1. The maximum atomic E-state index is 12.4. The Morgan fingerprint density at radius 3 is 2.62 bits per heavy atom. The van der Waals surface area contributed by atoms with Crippen molar-refractivity contribution in [3.63, 3.8) is 0 Å². The zero-order valence-corrected chi connectivity index (χ0v) is 16.1. The molecule has 1 amide bonds. The average Bonchev–Trinajstić information content (AvgIpc) is 3.21. The smallest absolute Gasteiger partial charge is 0.243 e. The lowest BCUT2D eigenvalue weighted by atomic mass is 10.1. The van der Waals surface area contributed by atoms with Gasteiger partial charge in [-0.2, -0.15) is 5.10 Å². The van der Waals surface area contributed by atoms with Crippen LogP contribution in [0, 0.1) is 0 Å². The van der Waals surface area contributed by atoms with Crippen LogP contribution in [0.2, 0.25) is 0 Å². The van der Waals surface area contributed by atoms with Gasteiger partial charge in [0.25, 0.3) is 0 Å². The first-order valence-corrected chi connectivity index (χ1v) is 10.4. The molecule has 3 rings (SSSR count). The van der Waals surface area contributed by atoms with E-state index in [9.17, 15) is 13.2 Å². The number of ether oxygens (including phenoxy) is 1. The fourth-order valence-electron chi connectivity index (χ4n) is 3.55. The zero-order valence-electron chi connectivity index (χ0n) is 15.3. The molecule has 0 spiro atoms. The molecule has 1 aromatic heterocycles. The fourth-order valence-corrected chi connectivity index (χ4v) is 4.61. The van der Waals surface area contributed by atoms with Crippen molar-refractivity contribution in [3.05, 3.63) is 12.4 Å². The lowest BCUT2D eigenvalue weighted by Crippen LogP contribution is -2.45. The maximum absolute atomic E-state index is 12.4. The van der Waals surface area contributed by atoms with Gasteiger partial charge in [-0.3, -0.25) is 14.4 Å². The Labute approximate surface area is 154 Å². The first kappa shape index (κ1) is 19.3. The van der Waals surface area contributed by atoms with Gasteiger partial charge >= 0.3 is 0 Å². The number of amides is 1. The molecule has 2 saturated heterocycles. The molecule has 10 heteroatoms. The van der Waals surface area contributed by atoms with Gasteiger partial charge in [-0.05, 0) is 19.9 Å². The summed E-state index contributed by atoms with van der Waals surface area (Å²) in [6, 6.07) is 0.238. The van der Waals surface area contributed by atoms with Gasteiger partial charge in [0.15, 0.2) is 0 Å². The number of likely N-dealkylation sites (N-methyl/N-ethyl adjacent to an activating group) is 1. The number of carbonyl (C=O) groups excluding carboxylic acids is 1. The number of hydrogen-bond donors (Lipinski definition) is 1. The molecule has 0 bridgehead atoms. The molecule has 3 heterocycles. The molecule has 0 radical (unpaired) electrons. The molecule has 2 atom stereocenters. The van der Waals surface area contributed by atoms with E-state index in [-0.39, 0.29) is 22.9 Å². The number of rotatable bonds is 6. The van der Waals surface area contributed by atoms with Crippen molar-refractivity contribution in [1.29, 1.82) is 0 Å². The third-order valence-electron chi connectivity index (χ3n) is 5.26. The van der Waals surface area contributed by atoms with Gasteiger partial charge in [0.05, 0.1) is 19.4 Å². The van der Waals surface area contributed by atoms with E-state index in [4.69, 9.17) is 4.74 Å². The third kappa shape index (κ3) is 4.43. The molecular weight excluding hydrogens is 358 g/mol. The topological polar surface area (TPSA) is 96.8 Å². The van der Waals surface area contributed by atoms with E-state index in [1.165, 1.54) is 17.1 Å². The molecular formula is C16H27N5O4S. The summed E-state index contributed by atoms with van der Waals surface area (Å²) in [6.45, 7) is 2.85. The molecule has 0 aromatic carbocycles. The van der Waals surface area contributed by atoms with Crippen molar-refractivity contribution < 1.29 is 17.9 Å². The quantitative estimate of drug-likeness (QED) is 0.703. The number of sulfonamides is 1. The summed E-state index contributed by atoms with van der Waals surface area (Å²) in [5.41, 5.74) is 0. The Morgan fingerprint density at radius 2 is 1.96 bits per heavy atom. The second-order valence-electron chi connectivity index (χ2n) is 6.95. The summed E-state index contributed by atoms with van der Waals surface area (Å²) in [5.74, 6) is 0.154. The van der Waals surface area contributed by atoms with E-state index in [0.29, 0.717) is 39.3 Å². The van der Waals surface area contributed by atoms with Crippen molar-refractivity contribution in [2.45, 2.75) is 36.2 Å². The van der Waals surface area contributed by atoms with Crippen LogP contribution in [0.1, 0.15) is 19.3 Å². The van der Waals surface area contributed by atoms with Gasteiger partial charge in [-0.15, -0.1) is 0 Å². The molecule has 0 saturated carbocycles. The van der Waals surface area contributed by atoms with Crippen molar-refractivity contribution in [2.75, 3.05) is 39.9 Å². The van der Waals surface area contributed by atoms with Crippen LogP contribution in [0.25, 0.3) is 0 Å². The van der Waals surface area contributed by atoms with E-state index in [1.807, 2.05) is 11.9 Å². The van der Waals surface area contributed by atoms with Gasteiger partial charge < -0.3 is 9.64 Å².